The highest BCUT2D eigenvalue weighted by atomic mass is 32.2. The Morgan fingerprint density at radius 3 is 2.10 bits per heavy atom. The lowest BCUT2D eigenvalue weighted by atomic mass is 9.78. The fraction of sp³-hybridized carbons (Fsp3) is 0.545. The van der Waals surface area contributed by atoms with E-state index in [1.54, 1.807) is 6.08 Å². The monoisotopic (exact) mass is 467 g/mol. The van der Waals surface area contributed by atoms with E-state index in [1.165, 1.54) is 16.7 Å². The van der Waals surface area contributed by atoms with E-state index in [4.69, 9.17) is 12.2 Å². The predicted octanol–water partition coefficient (Wildman–Crippen LogP) is 4.38. The number of thiocarbonyl (C=S) groups is 1. The van der Waals surface area contributed by atoms with E-state index in [1.807, 2.05) is 53.7 Å². The lowest BCUT2D eigenvalue weighted by Gasteiger charge is -2.28. The van der Waals surface area contributed by atoms with Crippen LogP contribution in [0.2, 0.25) is 0 Å². The largest absolute Gasteiger partial charge is 0.507 e. The van der Waals surface area contributed by atoms with E-state index in [0.29, 0.717) is 15.6 Å². The van der Waals surface area contributed by atoms with Gasteiger partial charge in [-0.2, -0.15) is 0 Å². The highest BCUT2D eigenvalue weighted by Gasteiger charge is 2.42. The third-order valence-corrected chi connectivity index (χ3v) is 8.52. The highest BCUT2D eigenvalue weighted by Crippen LogP contribution is 2.42. The number of amides is 1. The Bertz CT molecular complexity index is 1010. The Kier molecular flexibility index (Phi) is 5.93. The lowest BCUT2D eigenvalue weighted by molar-refractivity contribution is -0.123. The van der Waals surface area contributed by atoms with Crippen molar-refractivity contribution >= 4 is 50.1 Å². The van der Waals surface area contributed by atoms with E-state index in [2.05, 4.69) is 0 Å². The normalized spacial score (nSPS) is 23.6. The average molecular weight is 468 g/mol. The molecule has 0 saturated carbocycles. The van der Waals surface area contributed by atoms with Crippen molar-refractivity contribution in [2.45, 2.75) is 64.8 Å². The van der Waals surface area contributed by atoms with Gasteiger partial charge in [0.15, 0.2) is 9.84 Å². The number of phenolic OH excluding ortho intramolecular Hbond substituents is 1. The molecule has 0 aromatic heterocycles. The van der Waals surface area contributed by atoms with Crippen LogP contribution in [0.3, 0.4) is 0 Å². The first-order valence-corrected chi connectivity index (χ1v) is 13.0. The Morgan fingerprint density at radius 2 is 1.67 bits per heavy atom. The maximum Gasteiger partial charge on any atom is 0.266 e. The summed E-state index contributed by atoms with van der Waals surface area (Å²) in [5, 5.41) is 10.9. The molecule has 0 unspecified atom stereocenters. The van der Waals surface area contributed by atoms with Gasteiger partial charge in [0.05, 0.1) is 22.5 Å². The fourth-order valence-corrected chi connectivity index (χ4v) is 6.91. The minimum Gasteiger partial charge on any atom is -0.507 e. The van der Waals surface area contributed by atoms with Gasteiger partial charge in [0.25, 0.3) is 5.91 Å². The molecule has 2 fully saturated rings. The van der Waals surface area contributed by atoms with Crippen LogP contribution in [0, 0.1) is 0 Å². The third-order valence-electron chi connectivity index (χ3n) is 5.44. The van der Waals surface area contributed by atoms with Crippen LogP contribution in [-0.4, -0.2) is 46.2 Å². The van der Waals surface area contributed by atoms with Gasteiger partial charge in [0, 0.05) is 11.1 Å². The van der Waals surface area contributed by atoms with Crippen molar-refractivity contribution in [3.63, 3.8) is 0 Å². The van der Waals surface area contributed by atoms with Crippen molar-refractivity contribution in [1.29, 1.82) is 0 Å². The van der Waals surface area contributed by atoms with Crippen molar-refractivity contribution < 1.29 is 18.3 Å². The zero-order valence-electron chi connectivity index (χ0n) is 18.3. The maximum atomic E-state index is 13.1. The Balaban J connectivity index is 2.03. The molecule has 5 nitrogen and oxygen atoms in total. The lowest BCUT2D eigenvalue weighted by Crippen LogP contribution is -2.39. The van der Waals surface area contributed by atoms with E-state index < -0.39 is 9.84 Å². The summed E-state index contributed by atoms with van der Waals surface area (Å²) in [4.78, 5) is 15.0. The van der Waals surface area contributed by atoms with E-state index in [0.717, 1.165) is 16.7 Å². The number of carbonyl (C=O) groups excluding carboxylic acids is 1. The molecule has 8 heteroatoms. The smallest absolute Gasteiger partial charge is 0.266 e. The molecule has 2 saturated heterocycles. The molecule has 0 aliphatic carbocycles. The first kappa shape index (κ1) is 23.3. The molecule has 2 heterocycles. The van der Waals surface area contributed by atoms with Gasteiger partial charge in [-0.25, -0.2) is 8.42 Å². The van der Waals surface area contributed by atoms with Gasteiger partial charge in [-0.15, -0.1) is 0 Å². The number of carbonyl (C=O) groups is 1. The first-order valence-electron chi connectivity index (χ1n) is 9.95. The number of phenols is 1. The number of hydrogen-bond acceptors (Lipinski definition) is 6. The van der Waals surface area contributed by atoms with Crippen LogP contribution < -0.4 is 0 Å². The summed E-state index contributed by atoms with van der Waals surface area (Å²) in [6.07, 6.45) is 2.22. The summed E-state index contributed by atoms with van der Waals surface area (Å²) >= 11 is 6.61. The van der Waals surface area contributed by atoms with Gasteiger partial charge >= 0.3 is 0 Å². The van der Waals surface area contributed by atoms with Crippen LogP contribution in [0.1, 0.15) is 64.7 Å². The molecule has 1 aromatic carbocycles. The SMILES string of the molecule is CC(C)(C)c1cc(/C=C2/SC(=S)N([C@H]3CCS(=O)(=O)C3)C2=O)cc(C(C)(C)C)c1O. The highest BCUT2D eigenvalue weighted by molar-refractivity contribution is 8.26. The number of aromatic hydroxyl groups is 1. The number of thioether (sulfide) groups is 1. The van der Waals surface area contributed by atoms with Crippen molar-refractivity contribution in [1.82, 2.24) is 4.90 Å². The van der Waals surface area contributed by atoms with Crippen LogP contribution >= 0.6 is 24.0 Å². The molecule has 1 aromatic rings. The summed E-state index contributed by atoms with van der Waals surface area (Å²) in [5.74, 6) is 0.106. The summed E-state index contributed by atoms with van der Waals surface area (Å²) < 4.78 is 24.1. The van der Waals surface area contributed by atoms with Crippen molar-refractivity contribution in [3.05, 3.63) is 33.7 Å². The molecule has 1 atom stereocenters. The zero-order valence-corrected chi connectivity index (χ0v) is 20.7. The molecule has 1 amide bonds. The number of hydrogen-bond donors (Lipinski definition) is 1. The second-order valence-corrected chi connectivity index (χ2v) is 14.0. The fourth-order valence-electron chi connectivity index (χ4n) is 3.81. The van der Waals surface area contributed by atoms with Gasteiger partial charge in [-0.1, -0.05) is 65.5 Å². The van der Waals surface area contributed by atoms with Gasteiger partial charge in [-0.3, -0.25) is 9.69 Å². The van der Waals surface area contributed by atoms with Crippen molar-refractivity contribution in [2.24, 2.45) is 0 Å². The quantitative estimate of drug-likeness (QED) is 0.514. The standard InChI is InChI=1S/C22H29NO4S3/c1-21(2,3)15-9-13(10-16(18(15)24)22(4,5)6)11-17-19(25)23(20(28)29-17)14-7-8-30(26,27)12-14/h9-11,14,24H,7-8,12H2,1-6H3/b17-11+/t14-/m0/s1. The summed E-state index contributed by atoms with van der Waals surface area (Å²) in [5.41, 5.74) is 1.91. The topological polar surface area (TPSA) is 74.7 Å². The molecular formula is C22H29NO4S3. The minimum absolute atomic E-state index is 0.0335. The Hall–Kier alpha value is -1.38. The van der Waals surface area contributed by atoms with Gasteiger partial charge < -0.3 is 5.11 Å². The maximum absolute atomic E-state index is 13.1. The van der Waals surface area contributed by atoms with E-state index in [-0.39, 0.29) is 40.0 Å². The molecule has 30 heavy (non-hydrogen) atoms. The zero-order chi connectivity index (χ0) is 22.6. The summed E-state index contributed by atoms with van der Waals surface area (Å²) in [6.45, 7) is 12.2. The minimum atomic E-state index is -3.11. The summed E-state index contributed by atoms with van der Waals surface area (Å²) in [7, 11) is -3.11. The van der Waals surface area contributed by atoms with Gasteiger partial charge in [0.2, 0.25) is 0 Å². The van der Waals surface area contributed by atoms with Gasteiger partial charge in [-0.05, 0) is 41.0 Å². The summed E-state index contributed by atoms with van der Waals surface area (Å²) in [6, 6.07) is 3.44. The molecule has 0 spiro atoms. The molecular weight excluding hydrogens is 438 g/mol. The van der Waals surface area contributed by atoms with Crippen LogP contribution in [-0.2, 0) is 25.5 Å². The molecule has 0 bridgehead atoms. The molecule has 2 aliphatic rings. The molecule has 0 radical (unpaired) electrons. The Labute approximate surface area is 188 Å². The van der Waals surface area contributed by atoms with Crippen LogP contribution in [0.25, 0.3) is 6.08 Å². The Morgan fingerprint density at radius 1 is 1.13 bits per heavy atom. The van der Waals surface area contributed by atoms with Crippen molar-refractivity contribution in [2.75, 3.05) is 11.5 Å². The number of nitrogens with zero attached hydrogens (tertiary/aromatic N) is 1. The van der Waals surface area contributed by atoms with Gasteiger partial charge in [0.1, 0.15) is 10.1 Å². The number of benzene rings is 1. The molecule has 164 valence electrons. The predicted molar refractivity (Wildman–Crippen MR) is 128 cm³/mol. The first-order chi connectivity index (χ1) is 13.6. The molecule has 2 aliphatic heterocycles. The van der Waals surface area contributed by atoms with Crippen LogP contribution in [0.4, 0.5) is 0 Å². The molecule has 3 rings (SSSR count). The molecule has 1 N–H and O–H groups in total. The van der Waals surface area contributed by atoms with E-state index in [9.17, 15) is 18.3 Å². The second-order valence-electron chi connectivity index (χ2n) is 10.1. The second kappa shape index (κ2) is 7.64. The third kappa shape index (κ3) is 4.60. The average Bonchev–Trinajstić information content (AvgIpc) is 3.05. The van der Waals surface area contributed by atoms with Crippen molar-refractivity contribution in [3.8, 4) is 5.75 Å². The van der Waals surface area contributed by atoms with Crippen LogP contribution in [0.15, 0.2) is 17.0 Å². The van der Waals surface area contributed by atoms with Crippen LogP contribution in [0.5, 0.6) is 5.75 Å². The number of rotatable bonds is 2. The number of sulfone groups is 1. The van der Waals surface area contributed by atoms with E-state index >= 15 is 0 Å².